The number of nitrogens with one attached hydrogen (secondary N) is 2. The third-order valence-electron chi connectivity index (χ3n) is 2.13. The molecule has 4 nitrogen and oxygen atoms in total. The van der Waals surface area contributed by atoms with Gasteiger partial charge in [-0.1, -0.05) is 19.1 Å². The average molecular weight is 208 g/mol. The first-order valence-electron chi connectivity index (χ1n) is 4.94. The topological polar surface area (TPSA) is 61.4 Å². The summed E-state index contributed by atoms with van der Waals surface area (Å²) in [6.45, 7) is 3.48. The van der Waals surface area contributed by atoms with Gasteiger partial charge in [-0.2, -0.15) is 0 Å². The Hall–Kier alpha value is -1.55. The number of phenolic OH excluding ortho intramolecular Hbond substituents is 1. The van der Waals surface area contributed by atoms with Crippen molar-refractivity contribution in [3.05, 3.63) is 29.8 Å². The first kappa shape index (κ1) is 11.5. The van der Waals surface area contributed by atoms with Gasteiger partial charge in [-0.25, -0.2) is 5.43 Å². The third-order valence-corrected chi connectivity index (χ3v) is 2.13. The van der Waals surface area contributed by atoms with E-state index in [1.807, 2.05) is 19.1 Å². The van der Waals surface area contributed by atoms with Crippen LogP contribution in [-0.2, 0) is 4.79 Å². The molecule has 0 saturated heterocycles. The Bertz CT molecular complexity index is 322. The summed E-state index contributed by atoms with van der Waals surface area (Å²) in [4.78, 5) is 10.7. The highest BCUT2D eigenvalue weighted by molar-refractivity contribution is 5.72. The van der Waals surface area contributed by atoms with Gasteiger partial charge in [-0.15, -0.1) is 0 Å². The summed E-state index contributed by atoms with van der Waals surface area (Å²) in [6.07, 6.45) is 0.852. The fourth-order valence-electron chi connectivity index (χ4n) is 1.32. The molecular weight excluding hydrogens is 192 g/mol. The monoisotopic (exact) mass is 208 g/mol. The second kappa shape index (κ2) is 5.36. The van der Waals surface area contributed by atoms with Crippen molar-refractivity contribution in [2.75, 3.05) is 0 Å². The van der Waals surface area contributed by atoms with E-state index in [0.29, 0.717) is 0 Å². The minimum atomic E-state index is -0.118. The summed E-state index contributed by atoms with van der Waals surface area (Å²) >= 11 is 0. The molecule has 1 aromatic rings. The van der Waals surface area contributed by atoms with Gasteiger partial charge >= 0.3 is 0 Å². The van der Waals surface area contributed by atoms with Gasteiger partial charge in [0.2, 0.25) is 5.91 Å². The molecule has 0 saturated carbocycles. The zero-order chi connectivity index (χ0) is 11.3. The van der Waals surface area contributed by atoms with Crippen LogP contribution < -0.4 is 10.9 Å². The second-order valence-corrected chi connectivity index (χ2v) is 3.38. The van der Waals surface area contributed by atoms with E-state index in [4.69, 9.17) is 5.11 Å². The fraction of sp³-hybridized carbons (Fsp3) is 0.364. The molecule has 0 aliphatic carbocycles. The predicted octanol–water partition coefficient (Wildman–Crippen LogP) is 1.48. The van der Waals surface area contributed by atoms with Gasteiger partial charge in [-0.05, 0) is 24.1 Å². The molecule has 0 unspecified atom stereocenters. The molecule has 0 aliphatic rings. The Balaban J connectivity index is 2.65. The van der Waals surface area contributed by atoms with Crippen LogP contribution in [0.25, 0.3) is 0 Å². The van der Waals surface area contributed by atoms with Gasteiger partial charge in [0.25, 0.3) is 0 Å². The normalized spacial score (nSPS) is 12.1. The zero-order valence-electron chi connectivity index (χ0n) is 8.95. The Kier molecular flexibility index (Phi) is 4.12. The molecule has 3 N–H and O–H groups in total. The molecule has 4 heteroatoms. The first-order chi connectivity index (χ1) is 7.13. The van der Waals surface area contributed by atoms with E-state index >= 15 is 0 Å². The van der Waals surface area contributed by atoms with Crippen LogP contribution in [0.2, 0.25) is 0 Å². The number of rotatable bonds is 4. The number of hydrogen-bond acceptors (Lipinski definition) is 3. The smallest absolute Gasteiger partial charge is 0.230 e. The molecule has 15 heavy (non-hydrogen) atoms. The van der Waals surface area contributed by atoms with Crippen LogP contribution in [0, 0.1) is 0 Å². The van der Waals surface area contributed by atoms with Crippen molar-refractivity contribution in [1.82, 2.24) is 10.9 Å². The zero-order valence-corrected chi connectivity index (χ0v) is 8.95. The lowest BCUT2D eigenvalue weighted by molar-refractivity contribution is -0.120. The molecule has 0 radical (unpaired) electrons. The van der Waals surface area contributed by atoms with Crippen LogP contribution in [0.1, 0.15) is 31.9 Å². The molecule has 0 bridgehead atoms. The molecule has 0 fully saturated rings. The van der Waals surface area contributed by atoms with Crippen molar-refractivity contribution >= 4 is 5.91 Å². The summed E-state index contributed by atoms with van der Waals surface area (Å²) in [5.41, 5.74) is 6.51. The highest BCUT2D eigenvalue weighted by Crippen LogP contribution is 2.18. The molecule has 82 valence electrons. The Morgan fingerprint density at radius 1 is 1.40 bits per heavy atom. The van der Waals surface area contributed by atoms with Crippen LogP contribution in [-0.4, -0.2) is 11.0 Å². The quantitative estimate of drug-likeness (QED) is 0.657. The van der Waals surface area contributed by atoms with E-state index in [9.17, 15) is 4.79 Å². The van der Waals surface area contributed by atoms with Crippen LogP contribution in [0.4, 0.5) is 0 Å². The molecule has 1 amide bonds. The lowest BCUT2D eigenvalue weighted by atomic mass is 10.1. The highest BCUT2D eigenvalue weighted by Gasteiger charge is 2.08. The fourth-order valence-corrected chi connectivity index (χ4v) is 1.32. The lowest BCUT2D eigenvalue weighted by Gasteiger charge is -2.17. The number of amides is 1. The van der Waals surface area contributed by atoms with Crippen LogP contribution in [0.15, 0.2) is 24.3 Å². The maximum atomic E-state index is 10.7. The van der Waals surface area contributed by atoms with Gasteiger partial charge in [-0.3, -0.25) is 10.2 Å². The largest absolute Gasteiger partial charge is 0.508 e. The van der Waals surface area contributed by atoms with Crippen LogP contribution in [0.5, 0.6) is 5.75 Å². The second-order valence-electron chi connectivity index (χ2n) is 3.38. The maximum absolute atomic E-state index is 10.7. The lowest BCUT2D eigenvalue weighted by Crippen LogP contribution is -2.38. The SMILES string of the molecule is CC[C@H](NNC(C)=O)c1ccc(O)cc1. The molecule has 1 atom stereocenters. The molecule has 1 aromatic carbocycles. The molecular formula is C11H16N2O2. The average Bonchev–Trinajstić information content (AvgIpc) is 2.21. The minimum absolute atomic E-state index is 0.0644. The summed E-state index contributed by atoms with van der Waals surface area (Å²) in [5, 5.41) is 9.14. The molecule has 0 aromatic heterocycles. The van der Waals surface area contributed by atoms with Gasteiger partial charge in [0.05, 0.1) is 6.04 Å². The van der Waals surface area contributed by atoms with Crippen molar-refractivity contribution in [2.24, 2.45) is 0 Å². The molecule has 0 heterocycles. The number of aromatic hydroxyl groups is 1. The molecule has 1 rings (SSSR count). The summed E-state index contributed by atoms with van der Waals surface area (Å²) in [5.74, 6) is 0.125. The standard InChI is InChI=1S/C11H16N2O2/c1-3-11(13-12-8(2)14)9-4-6-10(15)7-5-9/h4-7,11,13,15H,3H2,1-2H3,(H,12,14)/t11-/m0/s1. The van der Waals surface area contributed by atoms with E-state index < -0.39 is 0 Å². The predicted molar refractivity (Wildman–Crippen MR) is 58.1 cm³/mol. The maximum Gasteiger partial charge on any atom is 0.230 e. The Morgan fingerprint density at radius 3 is 2.47 bits per heavy atom. The number of hydrogen-bond donors (Lipinski definition) is 3. The van der Waals surface area contributed by atoms with Crippen molar-refractivity contribution in [3.63, 3.8) is 0 Å². The molecule has 0 aliphatic heterocycles. The van der Waals surface area contributed by atoms with E-state index in [1.165, 1.54) is 6.92 Å². The number of hydrazine groups is 1. The van der Waals surface area contributed by atoms with Crippen molar-refractivity contribution < 1.29 is 9.90 Å². The van der Waals surface area contributed by atoms with Crippen LogP contribution in [0.3, 0.4) is 0 Å². The van der Waals surface area contributed by atoms with Gasteiger partial charge in [0.15, 0.2) is 0 Å². The van der Waals surface area contributed by atoms with E-state index in [-0.39, 0.29) is 17.7 Å². The van der Waals surface area contributed by atoms with Crippen LogP contribution >= 0.6 is 0 Å². The number of carbonyl (C=O) groups is 1. The first-order valence-corrected chi connectivity index (χ1v) is 4.94. The molecule has 0 spiro atoms. The van der Waals surface area contributed by atoms with Gasteiger partial charge in [0, 0.05) is 6.92 Å². The van der Waals surface area contributed by atoms with Crippen molar-refractivity contribution in [2.45, 2.75) is 26.3 Å². The van der Waals surface area contributed by atoms with Gasteiger partial charge in [0.1, 0.15) is 5.75 Å². The summed E-state index contributed by atoms with van der Waals surface area (Å²) < 4.78 is 0. The van der Waals surface area contributed by atoms with Crippen molar-refractivity contribution in [1.29, 1.82) is 0 Å². The highest BCUT2D eigenvalue weighted by atomic mass is 16.3. The number of carbonyl (C=O) groups excluding carboxylic acids is 1. The van der Waals surface area contributed by atoms with E-state index in [0.717, 1.165) is 12.0 Å². The number of benzene rings is 1. The third kappa shape index (κ3) is 3.59. The Morgan fingerprint density at radius 2 is 2.00 bits per heavy atom. The number of phenols is 1. The van der Waals surface area contributed by atoms with Crippen molar-refractivity contribution in [3.8, 4) is 5.75 Å². The van der Waals surface area contributed by atoms with Gasteiger partial charge < -0.3 is 5.11 Å². The minimum Gasteiger partial charge on any atom is -0.508 e. The summed E-state index contributed by atoms with van der Waals surface area (Å²) in [6, 6.07) is 6.99. The summed E-state index contributed by atoms with van der Waals surface area (Å²) in [7, 11) is 0. The van der Waals surface area contributed by atoms with E-state index in [2.05, 4.69) is 10.9 Å². The Labute approximate surface area is 89.3 Å². The van der Waals surface area contributed by atoms with E-state index in [1.54, 1.807) is 12.1 Å².